The molecule has 0 radical (unpaired) electrons. The summed E-state index contributed by atoms with van der Waals surface area (Å²) >= 11 is 0. The topological polar surface area (TPSA) is 73.3 Å². The molecule has 5 nitrogen and oxygen atoms in total. The van der Waals surface area contributed by atoms with Gasteiger partial charge in [0, 0.05) is 24.1 Å². The van der Waals surface area contributed by atoms with Crippen LogP contribution < -0.4 is 5.73 Å². The Morgan fingerprint density at radius 2 is 2.14 bits per heavy atom. The average molecular weight is 196 g/mol. The maximum absolute atomic E-state index is 10.3. The van der Waals surface area contributed by atoms with Crippen molar-refractivity contribution in [3.63, 3.8) is 0 Å². The van der Waals surface area contributed by atoms with Crippen LogP contribution in [-0.4, -0.2) is 16.1 Å². The molecule has 14 heavy (non-hydrogen) atoms. The van der Waals surface area contributed by atoms with Crippen LogP contribution in [0.25, 0.3) is 0 Å². The average Bonchev–Trinajstić information content (AvgIpc) is 2.65. The Morgan fingerprint density at radius 3 is 2.86 bits per heavy atom. The van der Waals surface area contributed by atoms with Crippen molar-refractivity contribution in [1.82, 2.24) is 9.55 Å². The van der Waals surface area contributed by atoms with Crippen LogP contribution in [0.1, 0.15) is 25.7 Å². The van der Waals surface area contributed by atoms with Gasteiger partial charge in [0.25, 0.3) is 5.95 Å². The largest absolute Gasteiger partial charge is 0.330 e. The summed E-state index contributed by atoms with van der Waals surface area (Å²) in [4.78, 5) is 14.1. The first-order chi connectivity index (χ1) is 6.88. The third kappa shape index (κ3) is 3.26. The molecule has 5 heteroatoms. The predicted molar refractivity (Wildman–Crippen MR) is 55.2 cm³/mol. The van der Waals surface area contributed by atoms with Crippen molar-refractivity contribution in [3.05, 3.63) is 17.3 Å². The second kappa shape index (κ2) is 6.26. The van der Waals surface area contributed by atoms with Crippen molar-refractivity contribution in [2.45, 2.75) is 32.2 Å². The highest BCUT2D eigenvalue weighted by atomic mass is 16.3. The van der Waals surface area contributed by atoms with Gasteiger partial charge in [-0.2, -0.15) is 0 Å². The summed E-state index contributed by atoms with van der Waals surface area (Å²) in [5, 5.41) is 2.83. The Hall–Kier alpha value is -1.23. The van der Waals surface area contributed by atoms with Gasteiger partial charge in [0.15, 0.2) is 0 Å². The van der Waals surface area contributed by atoms with Crippen LogP contribution >= 0.6 is 0 Å². The molecule has 0 fully saturated rings. The molecule has 1 rings (SSSR count). The smallest absolute Gasteiger partial charge is 0.271 e. The number of unbranched alkanes of at least 4 members (excludes halogenated alkanes) is 3. The third-order valence-corrected chi connectivity index (χ3v) is 2.13. The van der Waals surface area contributed by atoms with Crippen LogP contribution in [0.3, 0.4) is 0 Å². The highest BCUT2D eigenvalue weighted by molar-refractivity contribution is 5.15. The first-order valence-corrected chi connectivity index (χ1v) is 4.93. The number of imidazole rings is 1. The highest BCUT2D eigenvalue weighted by Crippen LogP contribution is 2.10. The molecule has 1 aromatic heterocycles. The number of nitrogens with two attached hydrogens (primary N) is 1. The zero-order chi connectivity index (χ0) is 10.2. The molecule has 0 saturated heterocycles. The fourth-order valence-corrected chi connectivity index (χ4v) is 1.35. The molecule has 0 unspecified atom stereocenters. The third-order valence-electron chi connectivity index (χ3n) is 2.13. The Kier molecular flexibility index (Phi) is 4.85. The fraction of sp³-hybridized carbons (Fsp3) is 0.667. The van der Waals surface area contributed by atoms with E-state index in [1.807, 2.05) is 0 Å². The van der Waals surface area contributed by atoms with Crippen LogP contribution in [0.15, 0.2) is 17.6 Å². The Bertz CT molecular complexity index is 272. The molecule has 0 saturated carbocycles. The molecule has 1 heterocycles. The van der Waals surface area contributed by atoms with Crippen molar-refractivity contribution in [1.29, 1.82) is 0 Å². The predicted octanol–water partition coefficient (Wildman–Crippen LogP) is 1.80. The van der Waals surface area contributed by atoms with Gasteiger partial charge in [-0.05, 0) is 19.4 Å². The van der Waals surface area contributed by atoms with Gasteiger partial charge in [-0.1, -0.05) is 12.8 Å². The van der Waals surface area contributed by atoms with Crippen molar-refractivity contribution < 1.29 is 0 Å². The van der Waals surface area contributed by atoms with E-state index < -0.39 is 0 Å². The van der Waals surface area contributed by atoms with E-state index in [4.69, 9.17) is 5.73 Å². The minimum Gasteiger partial charge on any atom is -0.330 e. The minimum absolute atomic E-state index is 0.267. The second-order valence-corrected chi connectivity index (χ2v) is 3.21. The fourth-order valence-electron chi connectivity index (χ4n) is 1.35. The number of aromatic nitrogens is 2. The van der Waals surface area contributed by atoms with E-state index in [-0.39, 0.29) is 5.95 Å². The number of nitrogens with zero attached hydrogens (tertiary/aromatic N) is 3. The van der Waals surface area contributed by atoms with E-state index in [1.54, 1.807) is 17.0 Å². The van der Waals surface area contributed by atoms with E-state index in [9.17, 15) is 4.91 Å². The van der Waals surface area contributed by atoms with Crippen LogP contribution in [-0.2, 0) is 6.54 Å². The monoisotopic (exact) mass is 196 g/mol. The Labute approximate surface area is 83.3 Å². The minimum atomic E-state index is 0.267. The number of hydrogen-bond acceptors (Lipinski definition) is 4. The number of rotatable bonds is 7. The van der Waals surface area contributed by atoms with Gasteiger partial charge in [-0.25, -0.2) is 4.98 Å². The van der Waals surface area contributed by atoms with Gasteiger partial charge in [0.1, 0.15) is 0 Å². The van der Waals surface area contributed by atoms with Gasteiger partial charge in [-0.15, -0.1) is 4.91 Å². The van der Waals surface area contributed by atoms with Crippen molar-refractivity contribution in [3.8, 4) is 0 Å². The van der Waals surface area contributed by atoms with E-state index in [0.717, 1.165) is 38.8 Å². The quantitative estimate of drug-likeness (QED) is 0.533. The van der Waals surface area contributed by atoms with Gasteiger partial charge in [0.2, 0.25) is 0 Å². The van der Waals surface area contributed by atoms with E-state index >= 15 is 0 Å². The van der Waals surface area contributed by atoms with E-state index in [1.165, 1.54) is 0 Å². The number of hydrogen-bond donors (Lipinski definition) is 1. The van der Waals surface area contributed by atoms with Crippen LogP contribution in [0.4, 0.5) is 5.95 Å². The maximum atomic E-state index is 10.3. The molecular weight excluding hydrogens is 180 g/mol. The molecule has 0 bridgehead atoms. The lowest BCUT2D eigenvalue weighted by atomic mass is 10.2. The summed E-state index contributed by atoms with van der Waals surface area (Å²) < 4.78 is 1.77. The molecule has 0 spiro atoms. The normalized spacial score (nSPS) is 10.4. The molecule has 2 N–H and O–H groups in total. The molecule has 0 aromatic carbocycles. The van der Waals surface area contributed by atoms with Gasteiger partial charge in [-0.3, -0.25) is 0 Å². The molecule has 1 aromatic rings. The molecule has 0 aliphatic rings. The number of aryl methyl sites for hydroxylation is 1. The van der Waals surface area contributed by atoms with Crippen molar-refractivity contribution in [2.24, 2.45) is 10.9 Å². The van der Waals surface area contributed by atoms with Crippen molar-refractivity contribution in [2.75, 3.05) is 6.54 Å². The lowest BCUT2D eigenvalue weighted by Gasteiger charge is -2.02. The lowest BCUT2D eigenvalue weighted by molar-refractivity contribution is 0.576. The molecule has 78 valence electrons. The van der Waals surface area contributed by atoms with Crippen molar-refractivity contribution >= 4 is 5.95 Å². The summed E-state index contributed by atoms with van der Waals surface area (Å²) in [5.41, 5.74) is 5.38. The molecule has 0 amide bonds. The zero-order valence-corrected chi connectivity index (χ0v) is 8.22. The molecule has 0 atom stereocenters. The summed E-state index contributed by atoms with van der Waals surface area (Å²) in [7, 11) is 0. The maximum Gasteiger partial charge on any atom is 0.271 e. The summed E-state index contributed by atoms with van der Waals surface area (Å²) in [5.74, 6) is 0.267. The molecular formula is C9H16N4O. The van der Waals surface area contributed by atoms with Crippen LogP contribution in [0.5, 0.6) is 0 Å². The van der Waals surface area contributed by atoms with Gasteiger partial charge < -0.3 is 10.3 Å². The van der Waals surface area contributed by atoms with Gasteiger partial charge in [0.05, 0.1) is 0 Å². The summed E-state index contributed by atoms with van der Waals surface area (Å²) in [6, 6.07) is 0. The Morgan fingerprint density at radius 1 is 1.36 bits per heavy atom. The zero-order valence-electron chi connectivity index (χ0n) is 8.22. The van der Waals surface area contributed by atoms with E-state index in [0.29, 0.717) is 0 Å². The standard InChI is InChI=1S/C9H16N4O/c10-5-3-1-2-4-7-13-8-6-11-9(13)12-14/h6,8H,1-5,7,10H2. The second-order valence-electron chi connectivity index (χ2n) is 3.21. The lowest BCUT2D eigenvalue weighted by Crippen LogP contribution is -1.99. The first-order valence-electron chi connectivity index (χ1n) is 4.93. The van der Waals surface area contributed by atoms with Crippen LogP contribution in [0.2, 0.25) is 0 Å². The first kappa shape index (κ1) is 10.8. The van der Waals surface area contributed by atoms with Gasteiger partial charge >= 0.3 is 0 Å². The number of nitroso groups, excluding NO2 is 1. The van der Waals surface area contributed by atoms with E-state index in [2.05, 4.69) is 10.2 Å². The SMILES string of the molecule is NCCCCCCn1ccnc1N=O. The Balaban J connectivity index is 2.21. The summed E-state index contributed by atoms with van der Waals surface area (Å²) in [6.45, 7) is 1.57. The molecule has 0 aliphatic carbocycles. The summed E-state index contributed by atoms with van der Waals surface area (Å²) in [6.07, 6.45) is 7.76. The highest BCUT2D eigenvalue weighted by Gasteiger charge is 2.00. The van der Waals surface area contributed by atoms with Crippen LogP contribution in [0, 0.1) is 4.91 Å². The molecule has 0 aliphatic heterocycles.